The summed E-state index contributed by atoms with van der Waals surface area (Å²) in [5, 5.41) is 20.9. The standard InChI is InChI=1S/C27H46S.C5H11NO2/c1-18(2)7-6-8-19(3)23-11-12-24-22-10-9-20-17-21(28)13-15-26(20,4)25(22)14-16-27(23,24)5;7-3-4-1-5(8)2-6-4/h9,18-19,21-25,28H,6-8,10-17H2,1-5H3;4-8H,1-3H2/t19?,21-,22-,23+,24-,25-,26-,27+;4-,5+/m00/s1. The Labute approximate surface area is 228 Å². The van der Waals surface area contributed by atoms with Crippen LogP contribution in [0.15, 0.2) is 11.6 Å². The Balaban J connectivity index is 0.000000325. The molecule has 5 aliphatic rings. The van der Waals surface area contributed by atoms with Crippen LogP contribution in [-0.4, -0.2) is 40.8 Å². The van der Waals surface area contributed by atoms with Crippen LogP contribution in [0.1, 0.15) is 112 Å². The average molecular weight is 520 g/mol. The van der Waals surface area contributed by atoms with E-state index in [4.69, 9.17) is 22.8 Å². The van der Waals surface area contributed by atoms with Gasteiger partial charge in [0.15, 0.2) is 0 Å². The first-order valence-corrected chi connectivity index (χ1v) is 16.0. The van der Waals surface area contributed by atoms with Gasteiger partial charge in [-0.25, -0.2) is 0 Å². The van der Waals surface area contributed by atoms with Gasteiger partial charge in [0, 0.05) is 17.8 Å². The lowest BCUT2D eigenvalue weighted by Crippen LogP contribution is -2.50. The first kappa shape index (κ1) is 29.0. The number of β-amino-alcohol motifs (C(OH)–C–C–N with tert-alkyl or cyclic N) is 1. The van der Waals surface area contributed by atoms with E-state index in [9.17, 15) is 0 Å². The third-order valence-electron chi connectivity index (χ3n) is 11.7. The van der Waals surface area contributed by atoms with Crippen molar-refractivity contribution in [3.63, 3.8) is 0 Å². The van der Waals surface area contributed by atoms with Crippen molar-refractivity contribution in [2.75, 3.05) is 13.2 Å². The Bertz CT molecular complexity index is 754. The molecule has 4 heteroatoms. The van der Waals surface area contributed by atoms with Gasteiger partial charge >= 0.3 is 0 Å². The van der Waals surface area contributed by atoms with Crippen molar-refractivity contribution in [1.82, 2.24) is 5.32 Å². The minimum atomic E-state index is -0.243. The monoisotopic (exact) mass is 519 g/mol. The number of rotatable bonds is 6. The molecule has 3 saturated carbocycles. The Morgan fingerprint density at radius 2 is 1.83 bits per heavy atom. The summed E-state index contributed by atoms with van der Waals surface area (Å²) >= 11 is 4.84. The molecular weight excluding hydrogens is 462 g/mol. The van der Waals surface area contributed by atoms with Gasteiger partial charge in [-0.3, -0.25) is 0 Å². The minimum absolute atomic E-state index is 0.130. The van der Waals surface area contributed by atoms with E-state index in [1.54, 1.807) is 5.57 Å². The number of allylic oxidation sites excluding steroid dienone is 2. The van der Waals surface area contributed by atoms with Gasteiger partial charge in [-0.05, 0) is 104 Å². The summed E-state index contributed by atoms with van der Waals surface area (Å²) in [6.45, 7) is 13.5. The fourth-order valence-electron chi connectivity index (χ4n) is 9.60. The summed E-state index contributed by atoms with van der Waals surface area (Å²) in [5.74, 6) is 5.70. The largest absolute Gasteiger partial charge is 0.395 e. The third kappa shape index (κ3) is 5.92. The number of nitrogens with one attached hydrogen (secondary N) is 1. The molecule has 0 aromatic heterocycles. The summed E-state index contributed by atoms with van der Waals surface area (Å²) in [4.78, 5) is 0. The highest BCUT2D eigenvalue weighted by molar-refractivity contribution is 7.80. The van der Waals surface area contributed by atoms with E-state index in [0.29, 0.717) is 29.0 Å². The maximum absolute atomic E-state index is 8.86. The van der Waals surface area contributed by atoms with Crippen molar-refractivity contribution in [2.24, 2.45) is 46.3 Å². The van der Waals surface area contributed by atoms with Crippen LogP contribution in [0.4, 0.5) is 0 Å². The maximum Gasteiger partial charge on any atom is 0.0680 e. The zero-order valence-corrected chi connectivity index (χ0v) is 24.9. The summed E-state index contributed by atoms with van der Waals surface area (Å²) in [6, 6.07) is 0.130. The van der Waals surface area contributed by atoms with E-state index in [1.165, 1.54) is 70.6 Å². The Morgan fingerprint density at radius 3 is 2.47 bits per heavy atom. The number of hydrogen-bond donors (Lipinski definition) is 4. The van der Waals surface area contributed by atoms with E-state index in [1.807, 2.05) is 0 Å². The Hall–Kier alpha value is -0.0300. The number of aliphatic hydroxyl groups excluding tert-OH is 2. The van der Waals surface area contributed by atoms with E-state index < -0.39 is 0 Å². The van der Waals surface area contributed by atoms with E-state index in [2.05, 4.69) is 46.0 Å². The van der Waals surface area contributed by atoms with E-state index >= 15 is 0 Å². The van der Waals surface area contributed by atoms with Gasteiger partial charge in [0.25, 0.3) is 0 Å². The van der Waals surface area contributed by atoms with Crippen molar-refractivity contribution in [3.8, 4) is 0 Å². The number of hydrogen-bond acceptors (Lipinski definition) is 4. The van der Waals surface area contributed by atoms with E-state index in [0.717, 1.165) is 35.5 Å². The lowest BCUT2D eigenvalue weighted by molar-refractivity contribution is -0.0497. The molecule has 208 valence electrons. The van der Waals surface area contributed by atoms with Gasteiger partial charge in [-0.2, -0.15) is 12.6 Å². The molecule has 0 aromatic rings. The van der Waals surface area contributed by atoms with Gasteiger partial charge in [0.05, 0.1) is 12.7 Å². The minimum Gasteiger partial charge on any atom is -0.395 e. The molecule has 0 spiro atoms. The molecule has 3 nitrogen and oxygen atoms in total. The van der Waals surface area contributed by atoms with Gasteiger partial charge < -0.3 is 15.5 Å². The first-order chi connectivity index (χ1) is 17.1. The van der Waals surface area contributed by atoms with Gasteiger partial charge in [0.2, 0.25) is 0 Å². The molecule has 1 saturated heterocycles. The summed E-state index contributed by atoms with van der Waals surface area (Å²) in [7, 11) is 0. The van der Waals surface area contributed by atoms with Crippen LogP contribution in [0.5, 0.6) is 0 Å². The van der Waals surface area contributed by atoms with Crippen LogP contribution in [0.25, 0.3) is 0 Å². The molecule has 0 amide bonds. The maximum atomic E-state index is 8.86. The number of thiol groups is 1. The predicted molar refractivity (Wildman–Crippen MR) is 155 cm³/mol. The van der Waals surface area contributed by atoms with Crippen molar-refractivity contribution in [2.45, 2.75) is 129 Å². The second kappa shape index (κ2) is 12.0. The quantitative estimate of drug-likeness (QED) is 0.225. The topological polar surface area (TPSA) is 52.5 Å². The molecule has 0 radical (unpaired) electrons. The molecule has 0 bridgehead atoms. The van der Waals surface area contributed by atoms with Crippen LogP contribution in [-0.2, 0) is 0 Å². The first-order valence-electron chi connectivity index (χ1n) is 15.5. The highest BCUT2D eigenvalue weighted by Gasteiger charge is 2.58. The predicted octanol–water partition coefficient (Wildman–Crippen LogP) is 7.03. The molecule has 4 fully saturated rings. The zero-order chi connectivity index (χ0) is 26.1. The van der Waals surface area contributed by atoms with Crippen molar-refractivity contribution < 1.29 is 10.2 Å². The zero-order valence-electron chi connectivity index (χ0n) is 24.0. The van der Waals surface area contributed by atoms with Crippen LogP contribution < -0.4 is 5.32 Å². The molecule has 5 rings (SSSR count). The normalized spacial score (nSPS) is 44.7. The summed E-state index contributed by atoms with van der Waals surface area (Å²) in [5.41, 5.74) is 2.92. The van der Waals surface area contributed by atoms with Gasteiger partial charge in [-0.1, -0.05) is 65.5 Å². The fraction of sp³-hybridized carbons (Fsp3) is 0.938. The Morgan fingerprint density at radius 1 is 1.06 bits per heavy atom. The molecule has 0 aromatic carbocycles. The number of aliphatic hydroxyl groups is 2. The molecule has 10 atom stereocenters. The van der Waals surface area contributed by atoms with Crippen LogP contribution >= 0.6 is 12.6 Å². The molecular formula is C32H57NO2S. The molecule has 36 heavy (non-hydrogen) atoms. The SMILES string of the molecule is CC(C)CCCC(C)[C@H]1CC[C@H]2[C@@H]3CC=C4C[C@@H](S)CC[C@]4(C)[C@H]3CC[C@]12C.OC[C@@H]1C[C@@H](O)CN1. The molecule has 1 heterocycles. The lowest BCUT2D eigenvalue weighted by Gasteiger charge is -2.58. The molecule has 4 aliphatic carbocycles. The summed E-state index contributed by atoms with van der Waals surface area (Å²) in [6.07, 6.45) is 18.9. The van der Waals surface area contributed by atoms with Crippen molar-refractivity contribution >= 4 is 12.6 Å². The lowest BCUT2D eigenvalue weighted by atomic mass is 9.47. The molecule has 1 aliphatic heterocycles. The average Bonchev–Trinajstić information content (AvgIpc) is 3.42. The van der Waals surface area contributed by atoms with Crippen molar-refractivity contribution in [1.29, 1.82) is 0 Å². The van der Waals surface area contributed by atoms with Crippen LogP contribution in [0.2, 0.25) is 0 Å². The second-order valence-electron chi connectivity index (χ2n) is 14.4. The Kier molecular flexibility index (Phi) is 9.66. The van der Waals surface area contributed by atoms with E-state index in [-0.39, 0.29) is 18.8 Å². The fourth-order valence-corrected chi connectivity index (χ4v) is 9.93. The third-order valence-corrected chi connectivity index (χ3v) is 12.1. The smallest absolute Gasteiger partial charge is 0.0680 e. The van der Waals surface area contributed by atoms with Crippen LogP contribution in [0, 0.1) is 46.3 Å². The summed E-state index contributed by atoms with van der Waals surface area (Å²) < 4.78 is 0. The highest BCUT2D eigenvalue weighted by Crippen LogP contribution is 2.67. The number of fused-ring (bicyclic) bond motifs is 5. The van der Waals surface area contributed by atoms with Crippen molar-refractivity contribution in [3.05, 3.63) is 11.6 Å². The van der Waals surface area contributed by atoms with Crippen LogP contribution in [0.3, 0.4) is 0 Å². The van der Waals surface area contributed by atoms with Gasteiger partial charge in [0.1, 0.15) is 0 Å². The second-order valence-corrected chi connectivity index (χ2v) is 15.1. The highest BCUT2D eigenvalue weighted by atomic mass is 32.1. The molecule has 1 unspecified atom stereocenters. The molecule has 3 N–H and O–H groups in total. The van der Waals surface area contributed by atoms with Gasteiger partial charge in [-0.15, -0.1) is 0 Å².